The zero-order chi connectivity index (χ0) is 26.9. The topological polar surface area (TPSA) is 80.7 Å². The monoisotopic (exact) mass is 549 g/mol. The highest BCUT2D eigenvalue weighted by atomic mass is 32.2. The van der Waals surface area contributed by atoms with Crippen LogP contribution in [0.1, 0.15) is 54.6 Å². The molecule has 1 aliphatic carbocycles. The van der Waals surface area contributed by atoms with Crippen molar-refractivity contribution in [2.24, 2.45) is 5.41 Å². The number of aromatic nitrogens is 1. The number of carbonyl (C=O) groups excluding carboxylic acids is 1. The molecule has 7 nitrogen and oxygen atoms in total. The van der Waals surface area contributed by atoms with E-state index in [-0.39, 0.29) is 44.0 Å². The van der Waals surface area contributed by atoms with Gasteiger partial charge in [-0.15, -0.1) is 0 Å². The van der Waals surface area contributed by atoms with Crippen LogP contribution in [0.3, 0.4) is 0 Å². The van der Waals surface area contributed by atoms with Gasteiger partial charge in [0.15, 0.2) is 11.6 Å². The highest BCUT2D eigenvalue weighted by Crippen LogP contribution is 2.54. The Labute approximate surface area is 225 Å². The summed E-state index contributed by atoms with van der Waals surface area (Å²) < 4.78 is 46.0. The third-order valence-corrected chi connectivity index (χ3v) is 8.63. The van der Waals surface area contributed by atoms with E-state index < -0.39 is 17.6 Å². The average Bonchev–Trinajstić information content (AvgIpc) is 3.65. The molecule has 11 heteroatoms. The molecule has 3 fully saturated rings. The van der Waals surface area contributed by atoms with Crippen LogP contribution in [0.5, 0.6) is 0 Å². The van der Waals surface area contributed by atoms with E-state index in [9.17, 15) is 13.6 Å². The fourth-order valence-electron chi connectivity index (χ4n) is 5.30. The lowest BCUT2D eigenvalue weighted by atomic mass is 9.93. The minimum Gasteiger partial charge on any atom is -0.395 e. The summed E-state index contributed by atoms with van der Waals surface area (Å²) >= 11 is 1.38. The number of rotatable bonds is 8. The molecule has 3 aliphatic rings. The lowest BCUT2D eigenvalue weighted by Crippen LogP contribution is -2.40. The summed E-state index contributed by atoms with van der Waals surface area (Å²) in [4.78, 5) is 21.5. The van der Waals surface area contributed by atoms with E-state index >= 15 is 4.39 Å². The first kappa shape index (κ1) is 26.9. The van der Waals surface area contributed by atoms with E-state index in [1.807, 2.05) is 6.07 Å². The molecule has 2 saturated heterocycles. The second-order valence-electron chi connectivity index (χ2n) is 10.6. The van der Waals surface area contributed by atoms with Crippen molar-refractivity contribution in [3.63, 3.8) is 0 Å². The standard InChI is InChI=1S/C27H34F3N5O2S/c1-18-16-21(23(28)24(31-18)35-12-8-27(29,30)9-13-35)32-25(37)20-3-2-19(33-38-15-14-36)17-22(20)34-10-6-26(4-5-26)7-11-34/h2-3,16-17,33,36H,4-15H2,1H3,(H,31,32,37). The van der Waals surface area contributed by atoms with Gasteiger partial charge in [-0.1, -0.05) is 11.9 Å². The van der Waals surface area contributed by atoms with E-state index in [0.717, 1.165) is 37.3 Å². The second-order valence-corrected chi connectivity index (χ2v) is 11.5. The molecule has 3 heterocycles. The number of alkyl halides is 2. The van der Waals surface area contributed by atoms with Gasteiger partial charge in [0.2, 0.25) is 0 Å². The minimum atomic E-state index is -2.75. The normalized spacial score (nSPS) is 19.9. The Bertz CT molecular complexity index is 1170. The zero-order valence-electron chi connectivity index (χ0n) is 21.5. The number of nitrogens with one attached hydrogen (secondary N) is 2. The zero-order valence-corrected chi connectivity index (χ0v) is 22.4. The molecule has 206 valence electrons. The van der Waals surface area contributed by atoms with Crippen LogP contribution in [0.4, 0.5) is 36.1 Å². The molecule has 1 aromatic heterocycles. The Balaban J connectivity index is 1.38. The predicted octanol–water partition coefficient (Wildman–Crippen LogP) is 5.45. The number of benzene rings is 1. The van der Waals surface area contributed by atoms with Gasteiger partial charge in [0, 0.05) is 56.2 Å². The molecule has 0 bridgehead atoms. The number of aryl methyl sites for hydroxylation is 1. The van der Waals surface area contributed by atoms with Crippen LogP contribution in [0.25, 0.3) is 0 Å². The lowest BCUT2D eigenvalue weighted by Gasteiger charge is -2.35. The predicted molar refractivity (Wildman–Crippen MR) is 146 cm³/mol. The van der Waals surface area contributed by atoms with Crippen LogP contribution < -0.4 is 19.8 Å². The van der Waals surface area contributed by atoms with Gasteiger partial charge in [-0.2, -0.15) is 0 Å². The van der Waals surface area contributed by atoms with Gasteiger partial charge in [-0.25, -0.2) is 18.2 Å². The van der Waals surface area contributed by atoms with Gasteiger partial charge in [0.1, 0.15) is 0 Å². The summed E-state index contributed by atoms with van der Waals surface area (Å²) in [6.07, 6.45) is 3.99. The largest absolute Gasteiger partial charge is 0.395 e. The number of aliphatic hydroxyl groups excluding tert-OH is 1. The molecule has 0 unspecified atom stereocenters. The molecule has 2 aromatic rings. The van der Waals surface area contributed by atoms with E-state index in [1.165, 1.54) is 35.8 Å². The van der Waals surface area contributed by atoms with Crippen molar-refractivity contribution >= 4 is 40.7 Å². The first-order chi connectivity index (χ1) is 18.2. The Morgan fingerprint density at radius 3 is 2.39 bits per heavy atom. The van der Waals surface area contributed by atoms with Crippen LogP contribution in [0.15, 0.2) is 24.3 Å². The minimum absolute atomic E-state index is 0.00286. The number of halogens is 3. The van der Waals surface area contributed by atoms with E-state index in [1.54, 1.807) is 19.1 Å². The first-order valence-electron chi connectivity index (χ1n) is 13.2. The van der Waals surface area contributed by atoms with Crippen molar-refractivity contribution in [3.05, 3.63) is 41.3 Å². The van der Waals surface area contributed by atoms with Gasteiger partial charge in [0.05, 0.1) is 23.5 Å². The fourth-order valence-corrected chi connectivity index (χ4v) is 5.79. The summed E-state index contributed by atoms with van der Waals surface area (Å²) in [5.41, 5.74) is 2.97. The van der Waals surface area contributed by atoms with Crippen molar-refractivity contribution in [1.82, 2.24) is 4.98 Å². The number of amides is 1. The molecule has 1 aromatic carbocycles. The summed E-state index contributed by atoms with van der Waals surface area (Å²) in [6.45, 7) is 3.43. The van der Waals surface area contributed by atoms with Crippen molar-refractivity contribution in [2.45, 2.75) is 51.4 Å². The maximum atomic E-state index is 15.5. The molecule has 2 aliphatic heterocycles. The van der Waals surface area contributed by atoms with E-state index in [0.29, 0.717) is 22.4 Å². The van der Waals surface area contributed by atoms with Gasteiger partial charge < -0.3 is 24.9 Å². The van der Waals surface area contributed by atoms with Crippen LogP contribution in [0.2, 0.25) is 0 Å². The molecule has 0 atom stereocenters. The number of hydrogen-bond donors (Lipinski definition) is 3. The SMILES string of the molecule is Cc1cc(NC(=O)c2ccc(NSCCO)cc2N2CCC3(CC2)CC3)c(F)c(N2CCC(F)(F)CC2)n1. The lowest BCUT2D eigenvalue weighted by molar-refractivity contribution is -0.0222. The molecule has 3 N–H and O–H groups in total. The third-order valence-electron chi connectivity index (χ3n) is 7.86. The first-order valence-corrected chi connectivity index (χ1v) is 14.2. The number of anilines is 4. The summed E-state index contributed by atoms with van der Waals surface area (Å²) in [7, 11) is 0. The Morgan fingerprint density at radius 1 is 1.05 bits per heavy atom. The van der Waals surface area contributed by atoms with Gasteiger partial charge >= 0.3 is 0 Å². The second kappa shape index (κ2) is 10.8. The summed E-state index contributed by atoms with van der Waals surface area (Å²) in [5, 5.41) is 11.8. The number of nitrogens with zero attached hydrogens (tertiary/aromatic N) is 3. The van der Waals surface area contributed by atoms with Gasteiger partial charge in [-0.3, -0.25) is 4.79 Å². The highest BCUT2D eigenvalue weighted by molar-refractivity contribution is 8.00. The van der Waals surface area contributed by atoms with Gasteiger partial charge in [0.25, 0.3) is 11.8 Å². The summed E-state index contributed by atoms with van der Waals surface area (Å²) in [6, 6.07) is 6.92. The van der Waals surface area contributed by atoms with E-state index in [4.69, 9.17) is 5.11 Å². The highest BCUT2D eigenvalue weighted by Gasteiger charge is 2.44. The van der Waals surface area contributed by atoms with Crippen molar-refractivity contribution in [2.75, 3.05) is 58.4 Å². The molecular formula is C27H34F3N5O2S. The van der Waals surface area contributed by atoms with Crippen LogP contribution in [-0.2, 0) is 0 Å². The smallest absolute Gasteiger partial charge is 0.257 e. The Kier molecular flexibility index (Phi) is 7.68. The Hall–Kier alpha value is -2.66. The molecular weight excluding hydrogens is 515 g/mol. The summed E-state index contributed by atoms with van der Waals surface area (Å²) in [5.74, 6) is -3.40. The quantitative estimate of drug-likeness (QED) is 0.299. The Morgan fingerprint density at radius 2 is 1.74 bits per heavy atom. The number of hydrogen-bond acceptors (Lipinski definition) is 7. The van der Waals surface area contributed by atoms with Crippen molar-refractivity contribution in [1.29, 1.82) is 0 Å². The maximum Gasteiger partial charge on any atom is 0.257 e. The molecule has 1 spiro atoms. The van der Waals surface area contributed by atoms with Crippen molar-refractivity contribution < 1.29 is 23.1 Å². The van der Waals surface area contributed by atoms with Crippen LogP contribution in [0, 0.1) is 18.2 Å². The number of piperidine rings is 2. The van der Waals surface area contributed by atoms with Crippen molar-refractivity contribution in [3.8, 4) is 0 Å². The van der Waals surface area contributed by atoms with Crippen LogP contribution >= 0.6 is 11.9 Å². The number of pyridine rings is 1. The maximum absolute atomic E-state index is 15.5. The van der Waals surface area contributed by atoms with Gasteiger partial charge in [-0.05, 0) is 62.3 Å². The molecule has 0 radical (unpaired) electrons. The molecule has 38 heavy (non-hydrogen) atoms. The number of carbonyl (C=O) groups is 1. The molecule has 1 saturated carbocycles. The molecule has 5 rings (SSSR count). The van der Waals surface area contributed by atoms with Crippen LogP contribution in [-0.4, -0.2) is 60.5 Å². The third kappa shape index (κ3) is 5.98. The average molecular weight is 550 g/mol. The molecule has 1 amide bonds. The number of aliphatic hydroxyl groups is 1. The van der Waals surface area contributed by atoms with E-state index in [2.05, 4.69) is 19.9 Å². The fraction of sp³-hybridized carbons (Fsp3) is 0.556.